The Bertz CT molecular complexity index is 598. The first-order valence-electron chi connectivity index (χ1n) is 6.22. The number of thioether (sulfide) groups is 1. The van der Waals surface area contributed by atoms with E-state index in [4.69, 9.17) is 4.52 Å². The van der Waals surface area contributed by atoms with Crippen LogP contribution in [0.15, 0.2) is 27.9 Å². The average molecular weight is 292 g/mol. The number of amides is 1. The minimum Gasteiger partial charge on any atom is -0.348 e. The van der Waals surface area contributed by atoms with Crippen LogP contribution in [0.1, 0.15) is 12.8 Å². The summed E-state index contributed by atoms with van der Waals surface area (Å²) in [4.78, 5) is 21.8. The standard InChI is InChI=1S/C13H16N4O2S/c1-4-10-15-12(16-19-10)9-6-5-7-14-13(9)20-8-11(18)17(2)3/h5-7H,4,8H2,1-3H3. The Morgan fingerprint density at radius 3 is 2.90 bits per heavy atom. The molecule has 0 N–H and O–H groups in total. The molecule has 0 aromatic carbocycles. The van der Waals surface area contributed by atoms with Crippen molar-refractivity contribution >= 4 is 17.7 Å². The number of aryl methyl sites for hydroxylation is 1. The van der Waals surface area contributed by atoms with E-state index < -0.39 is 0 Å². The van der Waals surface area contributed by atoms with Crippen molar-refractivity contribution in [1.29, 1.82) is 0 Å². The molecule has 1 amide bonds. The van der Waals surface area contributed by atoms with Gasteiger partial charge in [0.1, 0.15) is 5.03 Å². The third-order valence-electron chi connectivity index (χ3n) is 2.61. The number of aromatic nitrogens is 3. The van der Waals surface area contributed by atoms with E-state index in [2.05, 4.69) is 15.1 Å². The second-order valence-corrected chi connectivity index (χ2v) is 5.26. The van der Waals surface area contributed by atoms with Gasteiger partial charge in [0, 0.05) is 26.7 Å². The average Bonchev–Trinajstić information content (AvgIpc) is 2.93. The van der Waals surface area contributed by atoms with Gasteiger partial charge in [0.25, 0.3) is 0 Å². The van der Waals surface area contributed by atoms with Crippen LogP contribution in [0.3, 0.4) is 0 Å². The van der Waals surface area contributed by atoms with Gasteiger partial charge in [-0.15, -0.1) is 0 Å². The molecule has 0 aliphatic carbocycles. The number of pyridine rings is 1. The van der Waals surface area contributed by atoms with Crippen molar-refractivity contribution in [1.82, 2.24) is 20.0 Å². The van der Waals surface area contributed by atoms with Crippen molar-refractivity contribution in [2.45, 2.75) is 18.4 Å². The van der Waals surface area contributed by atoms with Crippen LogP contribution in [0.5, 0.6) is 0 Å². The first kappa shape index (κ1) is 14.5. The monoisotopic (exact) mass is 292 g/mol. The summed E-state index contributed by atoms with van der Waals surface area (Å²) in [5.41, 5.74) is 0.785. The lowest BCUT2D eigenvalue weighted by molar-refractivity contribution is -0.125. The van der Waals surface area contributed by atoms with Gasteiger partial charge < -0.3 is 9.42 Å². The fourth-order valence-electron chi connectivity index (χ4n) is 1.44. The lowest BCUT2D eigenvalue weighted by Gasteiger charge is -2.10. The van der Waals surface area contributed by atoms with E-state index in [1.165, 1.54) is 11.8 Å². The zero-order chi connectivity index (χ0) is 14.5. The SMILES string of the molecule is CCc1nc(-c2cccnc2SCC(=O)N(C)C)no1. The van der Waals surface area contributed by atoms with Gasteiger partial charge in [-0.3, -0.25) is 4.79 Å². The summed E-state index contributed by atoms with van der Waals surface area (Å²) in [5, 5.41) is 4.67. The quantitative estimate of drug-likeness (QED) is 0.783. The Labute approximate surface area is 121 Å². The molecule has 7 heteroatoms. The molecule has 106 valence electrons. The van der Waals surface area contributed by atoms with E-state index in [1.54, 1.807) is 25.2 Å². The number of nitrogens with zero attached hydrogens (tertiary/aromatic N) is 4. The van der Waals surface area contributed by atoms with Crippen LogP contribution in [0, 0.1) is 0 Å². The normalized spacial score (nSPS) is 10.6. The highest BCUT2D eigenvalue weighted by Gasteiger charge is 2.14. The molecule has 2 rings (SSSR count). The van der Waals surface area contributed by atoms with Gasteiger partial charge in [-0.1, -0.05) is 23.8 Å². The molecule has 2 aromatic rings. The van der Waals surface area contributed by atoms with Gasteiger partial charge >= 0.3 is 0 Å². The molecular formula is C13H16N4O2S. The topological polar surface area (TPSA) is 72.1 Å². The van der Waals surface area contributed by atoms with Crippen LogP contribution in [0.4, 0.5) is 0 Å². The summed E-state index contributed by atoms with van der Waals surface area (Å²) in [6.45, 7) is 1.95. The predicted molar refractivity (Wildman–Crippen MR) is 76.3 cm³/mol. The zero-order valence-corrected chi connectivity index (χ0v) is 12.5. The number of carbonyl (C=O) groups excluding carboxylic acids is 1. The third kappa shape index (κ3) is 3.36. The molecule has 2 aromatic heterocycles. The maximum atomic E-state index is 11.6. The van der Waals surface area contributed by atoms with Gasteiger partial charge in [-0.2, -0.15) is 4.98 Å². The van der Waals surface area contributed by atoms with E-state index in [1.807, 2.05) is 19.1 Å². The lowest BCUT2D eigenvalue weighted by Crippen LogP contribution is -2.23. The maximum Gasteiger partial charge on any atom is 0.232 e. The van der Waals surface area contributed by atoms with E-state index >= 15 is 0 Å². The first-order chi connectivity index (χ1) is 9.61. The van der Waals surface area contributed by atoms with E-state index in [-0.39, 0.29) is 5.91 Å². The lowest BCUT2D eigenvalue weighted by atomic mass is 10.3. The highest BCUT2D eigenvalue weighted by Crippen LogP contribution is 2.27. The van der Waals surface area contributed by atoms with Crippen molar-refractivity contribution in [3.05, 3.63) is 24.2 Å². The first-order valence-corrected chi connectivity index (χ1v) is 7.21. The van der Waals surface area contributed by atoms with Gasteiger partial charge in [-0.25, -0.2) is 4.98 Å². The van der Waals surface area contributed by atoms with Crippen molar-refractivity contribution in [3.63, 3.8) is 0 Å². The fraction of sp³-hybridized carbons (Fsp3) is 0.385. The Kier molecular flexibility index (Phi) is 4.73. The Hall–Kier alpha value is -1.89. The largest absolute Gasteiger partial charge is 0.348 e. The Morgan fingerprint density at radius 1 is 1.45 bits per heavy atom. The fourth-order valence-corrected chi connectivity index (χ4v) is 2.41. The zero-order valence-electron chi connectivity index (χ0n) is 11.7. The molecule has 6 nitrogen and oxygen atoms in total. The summed E-state index contributed by atoms with van der Waals surface area (Å²) >= 11 is 1.37. The molecule has 0 unspecified atom stereocenters. The van der Waals surface area contributed by atoms with Crippen molar-refractivity contribution in [2.75, 3.05) is 19.8 Å². The van der Waals surface area contributed by atoms with Gasteiger partial charge in [0.15, 0.2) is 0 Å². The summed E-state index contributed by atoms with van der Waals surface area (Å²) in [7, 11) is 3.46. The van der Waals surface area contributed by atoms with Crippen LogP contribution >= 0.6 is 11.8 Å². The van der Waals surface area contributed by atoms with E-state index in [0.717, 1.165) is 10.6 Å². The smallest absolute Gasteiger partial charge is 0.232 e. The highest BCUT2D eigenvalue weighted by molar-refractivity contribution is 8.00. The van der Waals surface area contributed by atoms with Gasteiger partial charge in [-0.05, 0) is 12.1 Å². The number of hydrogen-bond acceptors (Lipinski definition) is 6. The molecule has 0 aliphatic heterocycles. The van der Waals surface area contributed by atoms with Crippen molar-refractivity contribution in [2.24, 2.45) is 0 Å². The van der Waals surface area contributed by atoms with Gasteiger partial charge in [0.2, 0.25) is 17.6 Å². The number of rotatable bonds is 5. The minimum atomic E-state index is 0.0361. The summed E-state index contributed by atoms with van der Waals surface area (Å²) in [6.07, 6.45) is 2.38. The molecule has 0 spiro atoms. The molecule has 0 aliphatic rings. The molecule has 2 heterocycles. The molecule has 20 heavy (non-hydrogen) atoms. The van der Waals surface area contributed by atoms with Crippen LogP contribution in [-0.4, -0.2) is 45.8 Å². The molecule has 0 radical (unpaired) electrons. The second-order valence-electron chi connectivity index (χ2n) is 4.30. The van der Waals surface area contributed by atoms with Crippen LogP contribution in [0.2, 0.25) is 0 Å². The highest BCUT2D eigenvalue weighted by atomic mass is 32.2. The van der Waals surface area contributed by atoms with Crippen molar-refractivity contribution in [3.8, 4) is 11.4 Å². The molecule has 0 fully saturated rings. The third-order valence-corrected chi connectivity index (χ3v) is 3.60. The summed E-state index contributed by atoms with van der Waals surface area (Å²) < 4.78 is 5.11. The second kappa shape index (κ2) is 6.51. The van der Waals surface area contributed by atoms with E-state index in [0.29, 0.717) is 23.9 Å². The molecule has 0 saturated heterocycles. The predicted octanol–water partition coefficient (Wildman–Crippen LogP) is 1.87. The molecular weight excluding hydrogens is 276 g/mol. The molecule has 0 bridgehead atoms. The van der Waals surface area contributed by atoms with Gasteiger partial charge in [0.05, 0.1) is 11.3 Å². The Morgan fingerprint density at radius 2 is 2.25 bits per heavy atom. The number of carbonyl (C=O) groups is 1. The van der Waals surface area contributed by atoms with Crippen LogP contribution in [0.25, 0.3) is 11.4 Å². The summed E-state index contributed by atoms with van der Waals surface area (Å²) in [5.74, 6) is 1.46. The molecule has 0 saturated carbocycles. The van der Waals surface area contributed by atoms with Crippen LogP contribution < -0.4 is 0 Å². The van der Waals surface area contributed by atoms with E-state index in [9.17, 15) is 4.79 Å². The number of hydrogen-bond donors (Lipinski definition) is 0. The maximum absolute atomic E-state index is 11.6. The summed E-state index contributed by atoms with van der Waals surface area (Å²) in [6, 6.07) is 3.69. The minimum absolute atomic E-state index is 0.0361. The molecule has 0 atom stereocenters. The van der Waals surface area contributed by atoms with Crippen LogP contribution in [-0.2, 0) is 11.2 Å². The Balaban J connectivity index is 2.20. The van der Waals surface area contributed by atoms with Crippen molar-refractivity contribution < 1.29 is 9.32 Å².